The highest BCUT2D eigenvalue weighted by Gasteiger charge is 2.06. The zero-order valence-electron chi connectivity index (χ0n) is 9.01. The first-order valence-corrected chi connectivity index (χ1v) is 4.80. The monoisotopic (exact) mass is 180 g/mol. The van der Waals surface area contributed by atoms with E-state index in [4.69, 9.17) is 5.26 Å². The lowest BCUT2D eigenvalue weighted by Gasteiger charge is -2.23. The predicted octanol–water partition coefficient (Wildman–Crippen LogP) is 2.43. The molecule has 0 unspecified atom stereocenters. The standard InChI is InChI=1S/C11H20N2/c1-10(2)8-13(7-5-6-12)9-11(3)4/h11H,1,5,7-9H2,2-4H3. The maximum Gasteiger partial charge on any atom is 0.0635 e. The van der Waals surface area contributed by atoms with Gasteiger partial charge in [0.25, 0.3) is 0 Å². The molecule has 0 heterocycles. The lowest BCUT2D eigenvalue weighted by Crippen LogP contribution is -2.30. The second kappa shape index (κ2) is 6.68. The molecule has 0 saturated carbocycles. The molecule has 0 atom stereocenters. The Labute approximate surface area is 81.9 Å². The molecule has 2 nitrogen and oxygen atoms in total. The van der Waals surface area contributed by atoms with Gasteiger partial charge >= 0.3 is 0 Å². The van der Waals surface area contributed by atoms with Gasteiger partial charge in [-0.05, 0) is 12.8 Å². The van der Waals surface area contributed by atoms with Crippen LogP contribution in [0.1, 0.15) is 27.2 Å². The van der Waals surface area contributed by atoms with Gasteiger partial charge in [-0.25, -0.2) is 0 Å². The van der Waals surface area contributed by atoms with Gasteiger partial charge in [0, 0.05) is 26.1 Å². The van der Waals surface area contributed by atoms with E-state index in [1.54, 1.807) is 0 Å². The van der Waals surface area contributed by atoms with Crippen molar-refractivity contribution in [2.75, 3.05) is 19.6 Å². The largest absolute Gasteiger partial charge is 0.298 e. The quantitative estimate of drug-likeness (QED) is 0.587. The number of nitrogens with zero attached hydrogens (tertiary/aromatic N) is 2. The van der Waals surface area contributed by atoms with E-state index in [1.165, 1.54) is 5.57 Å². The van der Waals surface area contributed by atoms with E-state index in [1.807, 2.05) is 6.92 Å². The van der Waals surface area contributed by atoms with Gasteiger partial charge in [0.05, 0.1) is 6.07 Å². The highest BCUT2D eigenvalue weighted by Crippen LogP contribution is 2.02. The van der Waals surface area contributed by atoms with Crippen LogP contribution >= 0.6 is 0 Å². The first-order valence-electron chi connectivity index (χ1n) is 4.80. The SMILES string of the molecule is C=C(C)CN(CCC#N)CC(C)C. The summed E-state index contributed by atoms with van der Waals surface area (Å²) in [6.45, 7) is 13.1. The molecule has 0 aromatic rings. The Morgan fingerprint density at radius 2 is 2.15 bits per heavy atom. The van der Waals surface area contributed by atoms with Gasteiger partial charge in [-0.15, -0.1) is 0 Å². The fraction of sp³-hybridized carbons (Fsp3) is 0.727. The minimum absolute atomic E-state index is 0.611. The summed E-state index contributed by atoms with van der Waals surface area (Å²) in [6, 6.07) is 2.17. The predicted molar refractivity (Wildman–Crippen MR) is 56.3 cm³/mol. The van der Waals surface area contributed by atoms with Crippen molar-refractivity contribution in [2.45, 2.75) is 27.2 Å². The minimum atomic E-state index is 0.611. The Hall–Kier alpha value is -0.810. The lowest BCUT2D eigenvalue weighted by atomic mass is 10.2. The molecule has 0 rings (SSSR count). The van der Waals surface area contributed by atoms with E-state index >= 15 is 0 Å². The summed E-state index contributed by atoms with van der Waals surface area (Å²) in [4.78, 5) is 2.29. The molecule has 0 aromatic heterocycles. The molecule has 0 amide bonds. The molecule has 0 fully saturated rings. The van der Waals surface area contributed by atoms with Crippen molar-refractivity contribution in [2.24, 2.45) is 5.92 Å². The van der Waals surface area contributed by atoms with Crippen LogP contribution in [0.3, 0.4) is 0 Å². The molecular formula is C11H20N2. The van der Waals surface area contributed by atoms with E-state index < -0.39 is 0 Å². The van der Waals surface area contributed by atoms with Crippen LogP contribution in [0, 0.1) is 17.2 Å². The number of rotatable bonds is 6. The van der Waals surface area contributed by atoms with Gasteiger partial charge in [0.1, 0.15) is 0 Å². The summed E-state index contributed by atoms with van der Waals surface area (Å²) >= 11 is 0. The Bertz CT molecular complexity index is 189. The third-order valence-electron chi connectivity index (χ3n) is 1.66. The van der Waals surface area contributed by atoms with Crippen LogP contribution < -0.4 is 0 Å². The maximum atomic E-state index is 8.48. The van der Waals surface area contributed by atoms with Crippen molar-refractivity contribution in [3.8, 4) is 6.07 Å². The summed E-state index contributed by atoms with van der Waals surface area (Å²) in [5.41, 5.74) is 1.17. The number of nitriles is 1. The lowest BCUT2D eigenvalue weighted by molar-refractivity contribution is 0.269. The zero-order chi connectivity index (χ0) is 10.3. The van der Waals surface area contributed by atoms with E-state index in [2.05, 4.69) is 31.4 Å². The zero-order valence-corrected chi connectivity index (χ0v) is 9.01. The van der Waals surface area contributed by atoms with Crippen LogP contribution in [-0.4, -0.2) is 24.5 Å². The molecule has 0 spiro atoms. The third-order valence-corrected chi connectivity index (χ3v) is 1.66. The Kier molecular flexibility index (Phi) is 6.26. The molecule has 13 heavy (non-hydrogen) atoms. The van der Waals surface area contributed by atoms with Crippen LogP contribution in [0.25, 0.3) is 0 Å². The summed E-state index contributed by atoms with van der Waals surface area (Å²) in [6.07, 6.45) is 0.611. The Morgan fingerprint density at radius 3 is 2.54 bits per heavy atom. The van der Waals surface area contributed by atoms with Crippen LogP contribution in [-0.2, 0) is 0 Å². The van der Waals surface area contributed by atoms with Crippen molar-refractivity contribution in [3.05, 3.63) is 12.2 Å². The highest BCUT2D eigenvalue weighted by molar-refractivity contribution is 4.92. The first kappa shape index (κ1) is 12.2. The second-order valence-electron chi connectivity index (χ2n) is 3.99. The summed E-state index contributed by atoms with van der Waals surface area (Å²) in [5, 5.41) is 8.48. The molecule has 0 aromatic carbocycles. The van der Waals surface area contributed by atoms with Gasteiger partial charge in [-0.3, -0.25) is 4.90 Å². The fourth-order valence-corrected chi connectivity index (χ4v) is 1.34. The van der Waals surface area contributed by atoms with Gasteiger partial charge < -0.3 is 0 Å². The summed E-state index contributed by atoms with van der Waals surface area (Å²) in [5.74, 6) is 0.651. The van der Waals surface area contributed by atoms with Crippen molar-refractivity contribution in [3.63, 3.8) is 0 Å². The van der Waals surface area contributed by atoms with Gasteiger partial charge in [0.2, 0.25) is 0 Å². The molecule has 0 N–H and O–H groups in total. The smallest absolute Gasteiger partial charge is 0.0635 e. The van der Waals surface area contributed by atoms with Crippen molar-refractivity contribution in [1.29, 1.82) is 5.26 Å². The van der Waals surface area contributed by atoms with Crippen LogP contribution in [0.4, 0.5) is 0 Å². The van der Waals surface area contributed by atoms with Crippen molar-refractivity contribution < 1.29 is 0 Å². The molecule has 0 radical (unpaired) electrons. The van der Waals surface area contributed by atoms with E-state index in [0.717, 1.165) is 19.6 Å². The van der Waals surface area contributed by atoms with E-state index in [0.29, 0.717) is 12.3 Å². The van der Waals surface area contributed by atoms with Crippen molar-refractivity contribution in [1.82, 2.24) is 4.90 Å². The van der Waals surface area contributed by atoms with E-state index in [9.17, 15) is 0 Å². The van der Waals surface area contributed by atoms with Crippen molar-refractivity contribution >= 4 is 0 Å². The number of hydrogen-bond acceptors (Lipinski definition) is 2. The number of hydrogen-bond donors (Lipinski definition) is 0. The molecule has 2 heteroatoms. The average Bonchev–Trinajstić information content (AvgIpc) is 1.98. The molecule has 74 valence electrons. The van der Waals surface area contributed by atoms with Gasteiger partial charge in [-0.2, -0.15) is 5.26 Å². The maximum absolute atomic E-state index is 8.48. The minimum Gasteiger partial charge on any atom is -0.298 e. The van der Waals surface area contributed by atoms with Crippen LogP contribution in [0.5, 0.6) is 0 Å². The topological polar surface area (TPSA) is 27.0 Å². The van der Waals surface area contributed by atoms with Crippen LogP contribution in [0.15, 0.2) is 12.2 Å². The van der Waals surface area contributed by atoms with E-state index in [-0.39, 0.29) is 0 Å². The molecule has 0 aliphatic carbocycles. The normalized spacial score (nSPS) is 10.5. The highest BCUT2D eigenvalue weighted by atomic mass is 15.1. The molecule has 0 bridgehead atoms. The Balaban J connectivity index is 3.88. The first-order chi connectivity index (χ1) is 6.06. The molecular weight excluding hydrogens is 160 g/mol. The van der Waals surface area contributed by atoms with Gasteiger partial charge in [0.15, 0.2) is 0 Å². The molecule has 0 saturated heterocycles. The fourth-order valence-electron chi connectivity index (χ4n) is 1.34. The average molecular weight is 180 g/mol. The summed E-state index contributed by atoms with van der Waals surface area (Å²) in [7, 11) is 0. The molecule has 0 aliphatic heterocycles. The van der Waals surface area contributed by atoms with Crippen LogP contribution in [0.2, 0.25) is 0 Å². The van der Waals surface area contributed by atoms with Gasteiger partial charge in [-0.1, -0.05) is 26.0 Å². The Morgan fingerprint density at radius 1 is 1.54 bits per heavy atom. The molecule has 0 aliphatic rings. The second-order valence-corrected chi connectivity index (χ2v) is 3.99. The summed E-state index contributed by atoms with van der Waals surface area (Å²) < 4.78 is 0. The third kappa shape index (κ3) is 7.55.